The zero-order valence-corrected chi connectivity index (χ0v) is 14.2. The lowest BCUT2D eigenvalue weighted by atomic mass is 9.74. The second-order valence-corrected chi connectivity index (χ2v) is 6.41. The van der Waals surface area contributed by atoms with E-state index in [-0.39, 0.29) is 23.8 Å². The highest BCUT2D eigenvalue weighted by Gasteiger charge is 2.34. The van der Waals surface area contributed by atoms with Crippen molar-refractivity contribution in [3.63, 3.8) is 0 Å². The van der Waals surface area contributed by atoms with Crippen LogP contribution < -0.4 is 10.6 Å². The third-order valence-corrected chi connectivity index (χ3v) is 4.61. The number of benzene rings is 1. The van der Waals surface area contributed by atoms with Crippen molar-refractivity contribution in [1.29, 1.82) is 0 Å². The van der Waals surface area contributed by atoms with Crippen LogP contribution in [0.25, 0.3) is 0 Å². The summed E-state index contributed by atoms with van der Waals surface area (Å²) in [7, 11) is 0. The minimum atomic E-state index is -0.519. The molecule has 1 unspecified atom stereocenters. The van der Waals surface area contributed by atoms with Gasteiger partial charge in [0.25, 0.3) is 0 Å². The van der Waals surface area contributed by atoms with E-state index in [1.54, 1.807) is 12.1 Å². The molecule has 0 aliphatic carbocycles. The van der Waals surface area contributed by atoms with Gasteiger partial charge in [0.1, 0.15) is 5.82 Å². The number of halogens is 1. The Labute approximate surface area is 142 Å². The fourth-order valence-corrected chi connectivity index (χ4v) is 3.09. The quantitative estimate of drug-likeness (QED) is 0.715. The number of amides is 2. The van der Waals surface area contributed by atoms with Gasteiger partial charge in [-0.05, 0) is 37.0 Å². The number of rotatable bonds is 7. The molecule has 24 heavy (non-hydrogen) atoms. The first-order valence-corrected chi connectivity index (χ1v) is 8.59. The van der Waals surface area contributed by atoms with E-state index in [0.29, 0.717) is 26.2 Å². The normalized spacial score (nSPS) is 18.0. The number of nitrogens with one attached hydrogen (secondary N) is 2. The smallest absolute Gasteiger partial charge is 0.314 e. The minimum Gasteiger partial charge on any atom is -0.391 e. The van der Waals surface area contributed by atoms with Crippen molar-refractivity contribution >= 4 is 6.03 Å². The van der Waals surface area contributed by atoms with E-state index >= 15 is 0 Å². The molecular weight excluding hydrogens is 311 g/mol. The summed E-state index contributed by atoms with van der Waals surface area (Å²) in [5.41, 5.74) is 0.768. The average molecular weight is 338 g/mol. The third-order valence-electron chi connectivity index (χ3n) is 4.61. The maximum atomic E-state index is 13.2. The molecule has 1 heterocycles. The third kappa shape index (κ3) is 5.18. The Morgan fingerprint density at radius 3 is 2.58 bits per heavy atom. The van der Waals surface area contributed by atoms with Crippen LogP contribution >= 0.6 is 0 Å². The van der Waals surface area contributed by atoms with E-state index in [4.69, 9.17) is 4.74 Å². The summed E-state index contributed by atoms with van der Waals surface area (Å²) >= 11 is 0. The highest BCUT2D eigenvalue weighted by Crippen LogP contribution is 2.34. The van der Waals surface area contributed by atoms with E-state index in [1.807, 2.05) is 6.92 Å². The predicted octanol–water partition coefficient (Wildman–Crippen LogP) is 2.33. The Morgan fingerprint density at radius 2 is 1.96 bits per heavy atom. The SMILES string of the molecule is CCCC(O)CNC(=O)NCC1(c2ccc(F)cc2)CCOCC1. The lowest BCUT2D eigenvalue weighted by molar-refractivity contribution is 0.0506. The topological polar surface area (TPSA) is 70.6 Å². The molecule has 1 aliphatic rings. The van der Waals surface area contributed by atoms with Gasteiger partial charge < -0.3 is 20.5 Å². The zero-order chi connectivity index (χ0) is 17.4. The number of carbonyl (C=O) groups excluding carboxylic acids is 1. The monoisotopic (exact) mass is 338 g/mol. The highest BCUT2D eigenvalue weighted by molar-refractivity contribution is 5.74. The van der Waals surface area contributed by atoms with Crippen molar-refractivity contribution < 1.29 is 19.0 Å². The van der Waals surface area contributed by atoms with Crippen LogP contribution in [0.1, 0.15) is 38.2 Å². The Morgan fingerprint density at radius 1 is 1.29 bits per heavy atom. The fourth-order valence-electron chi connectivity index (χ4n) is 3.09. The van der Waals surface area contributed by atoms with Crippen LogP contribution in [0.3, 0.4) is 0 Å². The van der Waals surface area contributed by atoms with E-state index in [1.165, 1.54) is 12.1 Å². The molecule has 0 bridgehead atoms. The first-order valence-electron chi connectivity index (χ1n) is 8.59. The molecule has 1 aliphatic heterocycles. The summed E-state index contributed by atoms with van der Waals surface area (Å²) in [5, 5.41) is 15.3. The lowest BCUT2D eigenvalue weighted by Gasteiger charge is -2.38. The zero-order valence-electron chi connectivity index (χ0n) is 14.2. The van der Waals surface area contributed by atoms with Gasteiger partial charge in [-0.1, -0.05) is 25.5 Å². The molecule has 5 nitrogen and oxygen atoms in total. The Hall–Kier alpha value is -1.66. The Balaban J connectivity index is 1.94. The van der Waals surface area contributed by atoms with E-state index in [9.17, 15) is 14.3 Å². The van der Waals surface area contributed by atoms with Crippen molar-refractivity contribution in [2.24, 2.45) is 0 Å². The molecule has 134 valence electrons. The number of hydrogen-bond acceptors (Lipinski definition) is 3. The molecular formula is C18H27FN2O3. The van der Waals surface area contributed by atoms with Gasteiger partial charge in [0, 0.05) is 31.7 Å². The number of aliphatic hydroxyl groups excluding tert-OH is 1. The molecule has 1 fully saturated rings. The molecule has 0 aromatic heterocycles. The summed E-state index contributed by atoms with van der Waals surface area (Å²) in [6.45, 7) is 3.93. The second-order valence-electron chi connectivity index (χ2n) is 6.41. The Kier molecular flexibility index (Phi) is 6.99. The number of urea groups is 1. The lowest BCUT2D eigenvalue weighted by Crippen LogP contribution is -2.48. The van der Waals surface area contributed by atoms with Gasteiger partial charge in [-0.3, -0.25) is 0 Å². The highest BCUT2D eigenvalue weighted by atomic mass is 19.1. The molecule has 1 saturated heterocycles. The van der Waals surface area contributed by atoms with Crippen molar-refractivity contribution in [2.45, 2.75) is 44.1 Å². The van der Waals surface area contributed by atoms with Crippen LogP contribution in [0.5, 0.6) is 0 Å². The van der Waals surface area contributed by atoms with E-state index in [2.05, 4.69) is 10.6 Å². The first kappa shape index (κ1) is 18.7. The standard InChI is InChI=1S/C18H27FN2O3/c1-2-3-16(22)12-20-17(23)21-13-18(8-10-24-11-9-18)14-4-6-15(19)7-5-14/h4-7,16,22H,2-3,8-13H2,1H3,(H2,20,21,23). The van der Waals surface area contributed by atoms with Gasteiger partial charge in [-0.25, -0.2) is 9.18 Å². The van der Waals surface area contributed by atoms with Crippen molar-refractivity contribution in [3.05, 3.63) is 35.6 Å². The molecule has 2 amide bonds. The van der Waals surface area contributed by atoms with Gasteiger partial charge in [-0.2, -0.15) is 0 Å². The average Bonchev–Trinajstić information content (AvgIpc) is 2.60. The largest absolute Gasteiger partial charge is 0.391 e. The van der Waals surface area contributed by atoms with Crippen molar-refractivity contribution in [2.75, 3.05) is 26.3 Å². The van der Waals surface area contributed by atoms with Crippen LogP contribution in [0, 0.1) is 5.82 Å². The van der Waals surface area contributed by atoms with Crippen molar-refractivity contribution in [1.82, 2.24) is 10.6 Å². The van der Waals surface area contributed by atoms with E-state index in [0.717, 1.165) is 24.8 Å². The number of aliphatic hydroxyl groups is 1. The molecule has 1 atom stereocenters. The molecule has 1 aromatic rings. The minimum absolute atomic E-state index is 0.242. The molecule has 6 heteroatoms. The molecule has 1 aromatic carbocycles. The van der Waals surface area contributed by atoms with Gasteiger partial charge in [0.05, 0.1) is 6.10 Å². The fraction of sp³-hybridized carbons (Fsp3) is 0.611. The predicted molar refractivity (Wildman–Crippen MR) is 90.4 cm³/mol. The summed E-state index contributed by atoms with van der Waals surface area (Å²) in [6.07, 6.45) is 2.57. The summed E-state index contributed by atoms with van der Waals surface area (Å²) in [4.78, 5) is 12.0. The molecule has 0 saturated carbocycles. The number of carbonyl (C=O) groups is 1. The maximum absolute atomic E-state index is 13.2. The summed E-state index contributed by atoms with van der Waals surface area (Å²) in [6, 6.07) is 6.18. The first-order chi connectivity index (χ1) is 11.6. The molecule has 0 spiro atoms. The summed E-state index contributed by atoms with van der Waals surface area (Å²) in [5.74, 6) is -0.267. The van der Waals surface area contributed by atoms with Gasteiger partial charge >= 0.3 is 6.03 Å². The van der Waals surface area contributed by atoms with Crippen LogP contribution in [-0.2, 0) is 10.2 Å². The van der Waals surface area contributed by atoms with Crippen molar-refractivity contribution in [3.8, 4) is 0 Å². The van der Waals surface area contributed by atoms with Crippen LogP contribution in [0.4, 0.5) is 9.18 Å². The van der Waals surface area contributed by atoms with Gasteiger partial charge in [0.2, 0.25) is 0 Å². The van der Waals surface area contributed by atoms with Gasteiger partial charge in [0.15, 0.2) is 0 Å². The van der Waals surface area contributed by atoms with Gasteiger partial charge in [-0.15, -0.1) is 0 Å². The Bertz CT molecular complexity index is 516. The van der Waals surface area contributed by atoms with Crippen LogP contribution in [-0.4, -0.2) is 43.5 Å². The number of ether oxygens (including phenoxy) is 1. The number of hydrogen-bond donors (Lipinski definition) is 3. The molecule has 3 N–H and O–H groups in total. The van der Waals surface area contributed by atoms with Crippen LogP contribution in [0.2, 0.25) is 0 Å². The summed E-state index contributed by atoms with van der Waals surface area (Å²) < 4.78 is 18.7. The second kappa shape index (κ2) is 8.99. The molecule has 0 radical (unpaired) electrons. The molecule has 2 rings (SSSR count). The maximum Gasteiger partial charge on any atom is 0.314 e. The van der Waals surface area contributed by atoms with E-state index < -0.39 is 6.10 Å². The van der Waals surface area contributed by atoms with Crippen LogP contribution in [0.15, 0.2) is 24.3 Å².